The van der Waals surface area contributed by atoms with E-state index in [9.17, 15) is 4.79 Å². The van der Waals surface area contributed by atoms with Crippen LogP contribution in [-0.4, -0.2) is 28.7 Å². The molecule has 3 aromatic rings. The van der Waals surface area contributed by atoms with Crippen LogP contribution in [0, 0.1) is 13.8 Å². The zero-order valence-electron chi connectivity index (χ0n) is 14.1. The summed E-state index contributed by atoms with van der Waals surface area (Å²) in [7, 11) is 0. The summed E-state index contributed by atoms with van der Waals surface area (Å²) < 4.78 is 5.48. The number of hydrazone groups is 1. The van der Waals surface area contributed by atoms with Crippen molar-refractivity contribution in [1.29, 1.82) is 0 Å². The summed E-state index contributed by atoms with van der Waals surface area (Å²) in [5.41, 5.74) is 6.74. The Bertz CT molecular complexity index is 917. The molecule has 2 aromatic carbocycles. The number of fused-ring (bicyclic) bond motifs is 1. The third-order valence-corrected chi connectivity index (χ3v) is 3.42. The van der Waals surface area contributed by atoms with Gasteiger partial charge in [0.25, 0.3) is 5.91 Å². The van der Waals surface area contributed by atoms with E-state index in [4.69, 9.17) is 4.74 Å². The van der Waals surface area contributed by atoms with E-state index >= 15 is 0 Å². The molecule has 0 bridgehead atoms. The number of aryl methyl sites for hydroxylation is 2. The number of benzene rings is 2. The lowest BCUT2D eigenvalue weighted by Gasteiger charge is -2.07. The van der Waals surface area contributed by atoms with Crippen molar-refractivity contribution in [2.24, 2.45) is 5.10 Å². The molecular weight excluding hydrogens is 316 g/mol. The SMILES string of the molecule is Cc1cc(C)cc(OCC(=O)NN=Cc2cnc3ccccc3n2)c1. The maximum absolute atomic E-state index is 11.8. The van der Waals surface area contributed by atoms with E-state index in [1.54, 1.807) is 6.20 Å². The molecule has 6 heteroatoms. The fourth-order valence-electron chi connectivity index (χ4n) is 2.40. The van der Waals surface area contributed by atoms with Gasteiger partial charge in [0.05, 0.1) is 23.4 Å². The van der Waals surface area contributed by atoms with Crippen LogP contribution >= 0.6 is 0 Å². The third kappa shape index (κ3) is 4.60. The number of para-hydroxylation sites is 2. The van der Waals surface area contributed by atoms with E-state index in [1.165, 1.54) is 6.21 Å². The zero-order chi connectivity index (χ0) is 17.6. The van der Waals surface area contributed by atoms with Crippen LogP contribution in [0.3, 0.4) is 0 Å². The molecule has 1 aromatic heterocycles. The lowest BCUT2D eigenvalue weighted by atomic mass is 10.1. The van der Waals surface area contributed by atoms with Crippen molar-refractivity contribution in [2.45, 2.75) is 13.8 Å². The number of carbonyl (C=O) groups excluding carboxylic acids is 1. The number of ether oxygens (including phenoxy) is 1. The summed E-state index contributed by atoms with van der Waals surface area (Å²) in [4.78, 5) is 20.5. The van der Waals surface area contributed by atoms with E-state index in [1.807, 2.05) is 56.3 Å². The summed E-state index contributed by atoms with van der Waals surface area (Å²) >= 11 is 0. The Morgan fingerprint density at radius 3 is 2.64 bits per heavy atom. The summed E-state index contributed by atoms with van der Waals surface area (Å²) in [5.74, 6) is 0.321. The standard InChI is InChI=1S/C19H18N4O2/c1-13-7-14(2)9-16(8-13)25-12-19(24)23-21-11-15-10-20-17-5-3-4-6-18(17)22-15/h3-11H,12H2,1-2H3,(H,23,24). The molecule has 0 fully saturated rings. The number of amides is 1. The van der Waals surface area contributed by atoms with Crippen molar-refractivity contribution >= 4 is 23.2 Å². The first kappa shape index (κ1) is 16.6. The van der Waals surface area contributed by atoms with Gasteiger partial charge in [-0.25, -0.2) is 10.4 Å². The minimum absolute atomic E-state index is 0.108. The maximum atomic E-state index is 11.8. The first-order valence-electron chi connectivity index (χ1n) is 7.85. The number of nitrogens with one attached hydrogen (secondary N) is 1. The van der Waals surface area contributed by atoms with Gasteiger partial charge in [0.1, 0.15) is 11.4 Å². The molecule has 0 spiro atoms. The van der Waals surface area contributed by atoms with Crippen molar-refractivity contribution in [3.63, 3.8) is 0 Å². The molecule has 1 heterocycles. The number of rotatable bonds is 5. The highest BCUT2D eigenvalue weighted by Gasteiger charge is 2.03. The Morgan fingerprint density at radius 1 is 1.16 bits per heavy atom. The monoisotopic (exact) mass is 334 g/mol. The highest BCUT2D eigenvalue weighted by atomic mass is 16.5. The molecule has 6 nitrogen and oxygen atoms in total. The van der Waals surface area contributed by atoms with Crippen LogP contribution in [0.5, 0.6) is 5.75 Å². The number of nitrogens with zero attached hydrogens (tertiary/aromatic N) is 3. The molecule has 3 rings (SSSR count). The van der Waals surface area contributed by atoms with E-state index in [2.05, 4.69) is 20.5 Å². The first-order valence-corrected chi connectivity index (χ1v) is 7.85. The lowest BCUT2D eigenvalue weighted by molar-refractivity contribution is -0.123. The maximum Gasteiger partial charge on any atom is 0.277 e. The van der Waals surface area contributed by atoms with Gasteiger partial charge in [0.2, 0.25) is 0 Å². The van der Waals surface area contributed by atoms with Crippen molar-refractivity contribution in [3.05, 3.63) is 65.5 Å². The summed E-state index contributed by atoms with van der Waals surface area (Å²) in [6.45, 7) is 3.85. The minimum Gasteiger partial charge on any atom is -0.484 e. The molecular formula is C19H18N4O2. The van der Waals surface area contributed by atoms with Crippen molar-refractivity contribution in [1.82, 2.24) is 15.4 Å². The summed E-state index contributed by atoms with van der Waals surface area (Å²) in [5, 5.41) is 3.89. The van der Waals surface area contributed by atoms with Gasteiger partial charge >= 0.3 is 0 Å². The van der Waals surface area contributed by atoms with E-state index in [-0.39, 0.29) is 12.5 Å². The quantitative estimate of drug-likeness (QED) is 0.575. The zero-order valence-corrected chi connectivity index (χ0v) is 14.1. The van der Waals surface area contributed by atoms with Crippen LogP contribution < -0.4 is 10.2 Å². The predicted octanol–water partition coefficient (Wildman–Crippen LogP) is 2.78. The number of hydrogen-bond donors (Lipinski definition) is 1. The Kier molecular flexibility index (Phi) is 4.99. The Balaban J connectivity index is 1.54. The van der Waals surface area contributed by atoms with Gasteiger partial charge in [0.15, 0.2) is 6.61 Å². The van der Waals surface area contributed by atoms with Crippen LogP contribution in [0.25, 0.3) is 11.0 Å². The van der Waals surface area contributed by atoms with E-state index < -0.39 is 0 Å². The first-order chi connectivity index (χ1) is 12.1. The van der Waals surface area contributed by atoms with Crippen molar-refractivity contribution < 1.29 is 9.53 Å². The van der Waals surface area contributed by atoms with Gasteiger partial charge < -0.3 is 4.74 Å². The normalized spacial score (nSPS) is 11.0. The molecule has 126 valence electrons. The Morgan fingerprint density at radius 2 is 1.88 bits per heavy atom. The number of hydrogen-bond acceptors (Lipinski definition) is 5. The van der Waals surface area contributed by atoms with Crippen LogP contribution in [-0.2, 0) is 4.79 Å². The van der Waals surface area contributed by atoms with Crippen LogP contribution in [0.1, 0.15) is 16.8 Å². The minimum atomic E-state index is -0.343. The fourth-order valence-corrected chi connectivity index (χ4v) is 2.40. The van der Waals surface area contributed by atoms with Crippen LogP contribution in [0.15, 0.2) is 53.8 Å². The van der Waals surface area contributed by atoms with Crippen LogP contribution in [0.4, 0.5) is 0 Å². The second kappa shape index (κ2) is 7.53. The lowest BCUT2D eigenvalue weighted by Crippen LogP contribution is -2.24. The predicted molar refractivity (Wildman–Crippen MR) is 96.7 cm³/mol. The van der Waals surface area contributed by atoms with Crippen molar-refractivity contribution in [2.75, 3.05) is 6.61 Å². The Hall–Kier alpha value is -3.28. The summed E-state index contributed by atoms with van der Waals surface area (Å²) in [6.07, 6.45) is 3.05. The highest BCUT2D eigenvalue weighted by Crippen LogP contribution is 2.15. The Labute approximate surface area is 145 Å². The van der Waals surface area contributed by atoms with Crippen LogP contribution in [0.2, 0.25) is 0 Å². The largest absolute Gasteiger partial charge is 0.484 e. The molecule has 0 aliphatic heterocycles. The van der Waals surface area contributed by atoms with Crippen molar-refractivity contribution in [3.8, 4) is 5.75 Å². The number of carbonyl (C=O) groups is 1. The molecule has 0 atom stereocenters. The molecule has 0 radical (unpaired) electrons. The van der Waals surface area contributed by atoms with Gasteiger partial charge in [-0.3, -0.25) is 9.78 Å². The molecule has 25 heavy (non-hydrogen) atoms. The third-order valence-electron chi connectivity index (χ3n) is 3.42. The van der Waals surface area contributed by atoms with Gasteiger partial charge in [-0.05, 0) is 49.2 Å². The molecule has 0 saturated carbocycles. The number of aromatic nitrogens is 2. The van der Waals surface area contributed by atoms with E-state index in [0.29, 0.717) is 11.4 Å². The molecule has 1 amide bonds. The average molecular weight is 334 g/mol. The second-order valence-corrected chi connectivity index (χ2v) is 5.69. The summed E-state index contributed by atoms with van der Waals surface area (Å²) in [6, 6.07) is 13.4. The molecule has 0 unspecified atom stereocenters. The van der Waals surface area contributed by atoms with Gasteiger partial charge in [-0.2, -0.15) is 5.10 Å². The average Bonchev–Trinajstić information content (AvgIpc) is 2.59. The van der Waals surface area contributed by atoms with E-state index in [0.717, 1.165) is 22.2 Å². The smallest absolute Gasteiger partial charge is 0.277 e. The highest BCUT2D eigenvalue weighted by molar-refractivity contribution is 5.84. The molecule has 0 aliphatic carbocycles. The van der Waals surface area contributed by atoms with Gasteiger partial charge in [-0.15, -0.1) is 0 Å². The van der Waals surface area contributed by atoms with Gasteiger partial charge in [-0.1, -0.05) is 18.2 Å². The van der Waals surface area contributed by atoms with Gasteiger partial charge in [0, 0.05) is 0 Å². The second-order valence-electron chi connectivity index (χ2n) is 5.69. The molecule has 0 aliphatic rings. The fraction of sp³-hybridized carbons (Fsp3) is 0.158. The molecule has 0 saturated heterocycles. The topological polar surface area (TPSA) is 76.5 Å². The molecule has 1 N–H and O–H groups in total.